The molecule has 7 nitrogen and oxygen atoms in total. The van der Waals surface area contributed by atoms with Gasteiger partial charge in [-0.15, -0.1) is 10.2 Å². The quantitative estimate of drug-likeness (QED) is 0.319. The summed E-state index contributed by atoms with van der Waals surface area (Å²) in [5.41, 5.74) is 2.02. The number of methoxy groups -OCH3 is 1. The first kappa shape index (κ1) is 18.5. The largest absolute Gasteiger partial charge is 0.496 e. The molecule has 0 aliphatic heterocycles. The maximum atomic E-state index is 11.1. The predicted octanol–water partition coefficient (Wildman–Crippen LogP) is 4.41. The van der Waals surface area contributed by atoms with E-state index in [0.29, 0.717) is 24.0 Å². The fraction of sp³-hybridized carbons (Fsp3) is 0.300. The van der Waals surface area contributed by atoms with Crippen LogP contribution in [0.2, 0.25) is 0 Å². The Morgan fingerprint density at radius 2 is 2.00 bits per heavy atom. The normalized spacial score (nSPS) is 13.5. The van der Waals surface area contributed by atoms with E-state index < -0.39 is 4.92 Å². The standard InChI is InChI=1S/C20H20N4O3S/c1-27-18-10-9-17(24(25)26)11-16(18)13-28-20-22-21-19(15-7-8-15)23(20)12-14-5-3-2-4-6-14/h2-6,9-11,15H,7-8,12-13H2,1H3. The second-order valence-corrected chi connectivity index (χ2v) is 7.67. The monoisotopic (exact) mass is 396 g/mol. The zero-order valence-corrected chi connectivity index (χ0v) is 16.3. The van der Waals surface area contributed by atoms with E-state index in [4.69, 9.17) is 4.74 Å². The minimum absolute atomic E-state index is 0.0563. The van der Waals surface area contributed by atoms with Crippen molar-refractivity contribution in [3.05, 3.63) is 75.6 Å². The van der Waals surface area contributed by atoms with E-state index in [0.717, 1.165) is 29.4 Å². The molecule has 0 bridgehead atoms. The number of aromatic nitrogens is 3. The van der Waals surface area contributed by atoms with Gasteiger partial charge >= 0.3 is 0 Å². The van der Waals surface area contributed by atoms with Gasteiger partial charge in [-0.25, -0.2) is 0 Å². The second kappa shape index (κ2) is 8.02. The summed E-state index contributed by atoms with van der Waals surface area (Å²) >= 11 is 1.52. The number of nitro benzene ring substituents is 1. The van der Waals surface area contributed by atoms with Crippen LogP contribution in [-0.4, -0.2) is 26.8 Å². The number of hydrogen-bond acceptors (Lipinski definition) is 6. The minimum atomic E-state index is -0.392. The van der Waals surface area contributed by atoms with Gasteiger partial charge in [-0.05, 0) is 24.5 Å². The van der Waals surface area contributed by atoms with Crippen molar-refractivity contribution < 1.29 is 9.66 Å². The highest BCUT2D eigenvalue weighted by Crippen LogP contribution is 2.40. The molecule has 2 aromatic carbocycles. The number of rotatable bonds is 8. The molecule has 144 valence electrons. The Balaban J connectivity index is 1.59. The van der Waals surface area contributed by atoms with Crippen LogP contribution in [0, 0.1) is 10.1 Å². The lowest BCUT2D eigenvalue weighted by molar-refractivity contribution is -0.384. The molecule has 1 saturated carbocycles. The van der Waals surface area contributed by atoms with E-state index in [1.54, 1.807) is 19.2 Å². The van der Waals surface area contributed by atoms with Crippen molar-refractivity contribution in [2.45, 2.75) is 36.2 Å². The molecule has 0 N–H and O–H groups in total. The molecule has 1 aliphatic carbocycles. The maximum absolute atomic E-state index is 11.1. The van der Waals surface area contributed by atoms with Crippen LogP contribution in [0.25, 0.3) is 0 Å². The average molecular weight is 396 g/mol. The lowest BCUT2D eigenvalue weighted by atomic mass is 10.2. The Hall–Kier alpha value is -2.87. The molecular formula is C20H20N4O3S. The first-order valence-corrected chi connectivity index (χ1v) is 10.1. The fourth-order valence-corrected chi connectivity index (χ4v) is 4.02. The van der Waals surface area contributed by atoms with E-state index in [2.05, 4.69) is 26.9 Å². The highest BCUT2D eigenvalue weighted by Gasteiger charge is 2.30. The zero-order chi connectivity index (χ0) is 19.5. The van der Waals surface area contributed by atoms with Gasteiger partial charge in [-0.1, -0.05) is 42.1 Å². The van der Waals surface area contributed by atoms with Gasteiger partial charge in [0.2, 0.25) is 0 Å². The van der Waals surface area contributed by atoms with Crippen molar-refractivity contribution in [3.63, 3.8) is 0 Å². The van der Waals surface area contributed by atoms with Crippen molar-refractivity contribution in [1.29, 1.82) is 0 Å². The molecule has 1 fully saturated rings. The lowest BCUT2D eigenvalue weighted by Crippen LogP contribution is -2.06. The molecule has 1 heterocycles. The Bertz CT molecular complexity index is 986. The third-order valence-electron chi connectivity index (χ3n) is 4.70. The predicted molar refractivity (Wildman–Crippen MR) is 107 cm³/mol. The Morgan fingerprint density at radius 3 is 2.68 bits per heavy atom. The SMILES string of the molecule is COc1ccc([N+](=O)[O-])cc1CSc1nnc(C2CC2)n1Cc1ccccc1. The first-order chi connectivity index (χ1) is 13.7. The van der Waals surface area contributed by atoms with Crippen LogP contribution in [0.3, 0.4) is 0 Å². The smallest absolute Gasteiger partial charge is 0.270 e. The molecule has 8 heteroatoms. The number of hydrogen-bond donors (Lipinski definition) is 0. The van der Waals surface area contributed by atoms with Gasteiger partial charge in [0.1, 0.15) is 11.6 Å². The molecule has 3 aromatic rings. The Kier molecular flexibility index (Phi) is 5.29. The van der Waals surface area contributed by atoms with E-state index in [1.165, 1.54) is 23.4 Å². The molecule has 0 unspecified atom stereocenters. The van der Waals surface area contributed by atoms with Crippen molar-refractivity contribution in [1.82, 2.24) is 14.8 Å². The van der Waals surface area contributed by atoms with Crippen LogP contribution in [0.4, 0.5) is 5.69 Å². The molecule has 1 aliphatic rings. The van der Waals surface area contributed by atoms with Crippen LogP contribution in [0.15, 0.2) is 53.7 Å². The summed E-state index contributed by atoms with van der Waals surface area (Å²) in [6.07, 6.45) is 2.30. The van der Waals surface area contributed by atoms with Crippen LogP contribution in [0.5, 0.6) is 5.75 Å². The van der Waals surface area contributed by atoms with Gasteiger partial charge in [0.25, 0.3) is 5.69 Å². The van der Waals surface area contributed by atoms with Gasteiger partial charge in [-0.2, -0.15) is 0 Å². The fourth-order valence-electron chi connectivity index (χ4n) is 3.10. The van der Waals surface area contributed by atoms with Crippen molar-refractivity contribution in [2.24, 2.45) is 0 Å². The maximum Gasteiger partial charge on any atom is 0.270 e. The minimum Gasteiger partial charge on any atom is -0.496 e. The van der Waals surface area contributed by atoms with Gasteiger partial charge in [-0.3, -0.25) is 10.1 Å². The Morgan fingerprint density at radius 1 is 1.21 bits per heavy atom. The van der Waals surface area contributed by atoms with E-state index in [1.807, 2.05) is 18.2 Å². The highest BCUT2D eigenvalue weighted by molar-refractivity contribution is 7.98. The van der Waals surface area contributed by atoms with Crippen molar-refractivity contribution in [3.8, 4) is 5.75 Å². The molecule has 0 amide bonds. The van der Waals surface area contributed by atoms with E-state index in [9.17, 15) is 10.1 Å². The zero-order valence-electron chi connectivity index (χ0n) is 15.4. The molecule has 4 rings (SSSR count). The van der Waals surface area contributed by atoms with Crippen LogP contribution in [-0.2, 0) is 12.3 Å². The average Bonchev–Trinajstić information content (AvgIpc) is 3.49. The highest BCUT2D eigenvalue weighted by atomic mass is 32.2. The number of non-ortho nitro benzene ring substituents is 1. The van der Waals surface area contributed by atoms with Gasteiger partial charge in [0, 0.05) is 29.4 Å². The third kappa shape index (κ3) is 4.01. The summed E-state index contributed by atoms with van der Waals surface area (Å²) in [5, 5.41) is 20.8. The lowest BCUT2D eigenvalue weighted by Gasteiger charge is -2.11. The summed E-state index contributed by atoms with van der Waals surface area (Å²) in [7, 11) is 1.57. The summed E-state index contributed by atoms with van der Waals surface area (Å²) < 4.78 is 7.54. The van der Waals surface area contributed by atoms with Gasteiger partial charge in [0.15, 0.2) is 5.16 Å². The van der Waals surface area contributed by atoms with Crippen LogP contribution in [0.1, 0.15) is 35.7 Å². The Labute approximate surface area is 166 Å². The van der Waals surface area contributed by atoms with Gasteiger partial charge in [0.05, 0.1) is 18.6 Å². The summed E-state index contributed by atoms with van der Waals surface area (Å²) in [4.78, 5) is 10.7. The number of nitrogens with zero attached hydrogens (tertiary/aromatic N) is 4. The van der Waals surface area contributed by atoms with Gasteiger partial charge < -0.3 is 9.30 Å². The number of nitro groups is 1. The molecule has 0 radical (unpaired) electrons. The van der Waals surface area contributed by atoms with Crippen LogP contribution < -0.4 is 4.74 Å². The number of ether oxygens (including phenoxy) is 1. The molecule has 28 heavy (non-hydrogen) atoms. The number of thioether (sulfide) groups is 1. The second-order valence-electron chi connectivity index (χ2n) is 6.73. The van der Waals surface area contributed by atoms with E-state index >= 15 is 0 Å². The van der Waals surface area contributed by atoms with Crippen molar-refractivity contribution in [2.75, 3.05) is 7.11 Å². The van der Waals surface area contributed by atoms with Crippen LogP contribution >= 0.6 is 11.8 Å². The molecule has 0 spiro atoms. The summed E-state index contributed by atoms with van der Waals surface area (Å²) in [6.45, 7) is 0.716. The number of benzene rings is 2. The summed E-state index contributed by atoms with van der Waals surface area (Å²) in [6, 6.07) is 14.9. The first-order valence-electron chi connectivity index (χ1n) is 9.07. The topological polar surface area (TPSA) is 83.1 Å². The third-order valence-corrected chi connectivity index (χ3v) is 5.72. The molecule has 1 aromatic heterocycles. The molecule has 0 saturated heterocycles. The van der Waals surface area contributed by atoms with E-state index in [-0.39, 0.29) is 5.69 Å². The van der Waals surface area contributed by atoms with Crippen molar-refractivity contribution >= 4 is 17.4 Å². The summed E-state index contributed by atoms with van der Waals surface area (Å²) in [5.74, 6) is 2.66. The molecule has 0 atom stereocenters. The molecular weight excluding hydrogens is 376 g/mol.